The molecule has 0 amide bonds. The average Bonchev–Trinajstić information content (AvgIpc) is 3.12. The van der Waals surface area contributed by atoms with Gasteiger partial charge in [-0.25, -0.2) is 9.37 Å². The molecule has 0 radical (unpaired) electrons. The second kappa shape index (κ2) is 5.66. The summed E-state index contributed by atoms with van der Waals surface area (Å²) < 4.78 is 20.3. The number of halogens is 1. The quantitative estimate of drug-likeness (QED) is 0.522. The minimum absolute atomic E-state index is 0.542. The largest absolute Gasteiger partial charge is 0.463 e. The number of alkyl halides is 1. The van der Waals surface area contributed by atoms with Gasteiger partial charge >= 0.3 is 0 Å². The van der Waals surface area contributed by atoms with Crippen molar-refractivity contribution in [1.82, 2.24) is 9.38 Å². The van der Waals surface area contributed by atoms with Gasteiger partial charge in [-0.2, -0.15) is 0 Å². The van der Waals surface area contributed by atoms with E-state index in [-0.39, 0.29) is 0 Å². The number of imidazole rings is 1. The maximum Gasteiger partial charge on any atom is 0.228 e. The van der Waals surface area contributed by atoms with E-state index in [0.29, 0.717) is 5.75 Å². The van der Waals surface area contributed by atoms with Gasteiger partial charge < -0.3 is 4.74 Å². The van der Waals surface area contributed by atoms with Gasteiger partial charge in [-0.15, -0.1) is 0 Å². The van der Waals surface area contributed by atoms with Gasteiger partial charge in [-0.05, 0) is 30.2 Å². The van der Waals surface area contributed by atoms with Gasteiger partial charge in [0.15, 0.2) is 4.96 Å². The summed E-state index contributed by atoms with van der Waals surface area (Å²) in [6, 6.07) is 14.1. The number of rotatable bonds is 4. The van der Waals surface area contributed by atoms with E-state index in [9.17, 15) is 4.39 Å². The van der Waals surface area contributed by atoms with E-state index in [1.807, 2.05) is 18.3 Å². The standard InChI is InChI=1S/C18H15FN2OS/c1-2-12-3-5-13(6-4-12)15-10-21-16-8-7-14(22-11-19)9-17(16)23-18(21)20-15/h3-10H,2,11H2,1H3. The van der Waals surface area contributed by atoms with Crippen molar-refractivity contribution in [2.75, 3.05) is 6.86 Å². The fourth-order valence-electron chi connectivity index (χ4n) is 2.68. The lowest BCUT2D eigenvalue weighted by Crippen LogP contribution is -1.89. The molecule has 116 valence electrons. The number of nitrogens with zero attached hydrogens (tertiary/aromatic N) is 2. The lowest BCUT2D eigenvalue weighted by molar-refractivity contribution is 0.192. The number of aromatic nitrogens is 2. The van der Waals surface area contributed by atoms with Gasteiger partial charge in [0.1, 0.15) is 5.75 Å². The molecular weight excluding hydrogens is 311 g/mol. The molecule has 2 aromatic carbocycles. The minimum atomic E-state index is -0.814. The van der Waals surface area contributed by atoms with E-state index < -0.39 is 6.86 Å². The third kappa shape index (κ3) is 2.47. The highest BCUT2D eigenvalue weighted by atomic mass is 32.1. The Kier molecular flexibility index (Phi) is 3.50. The van der Waals surface area contributed by atoms with E-state index in [4.69, 9.17) is 9.72 Å². The molecule has 4 aromatic rings. The zero-order valence-corrected chi connectivity index (χ0v) is 13.4. The molecule has 0 aliphatic heterocycles. The molecule has 0 aliphatic carbocycles. The van der Waals surface area contributed by atoms with E-state index in [1.165, 1.54) is 5.56 Å². The van der Waals surface area contributed by atoms with Crippen LogP contribution in [0.3, 0.4) is 0 Å². The van der Waals surface area contributed by atoms with Crippen molar-refractivity contribution >= 4 is 26.5 Å². The van der Waals surface area contributed by atoms with Crippen molar-refractivity contribution in [2.24, 2.45) is 0 Å². The van der Waals surface area contributed by atoms with Crippen LogP contribution in [0.4, 0.5) is 4.39 Å². The predicted molar refractivity (Wildman–Crippen MR) is 92.0 cm³/mol. The highest BCUT2D eigenvalue weighted by Gasteiger charge is 2.11. The fourth-order valence-corrected chi connectivity index (χ4v) is 3.72. The summed E-state index contributed by atoms with van der Waals surface area (Å²) in [7, 11) is 0. The number of hydrogen-bond acceptors (Lipinski definition) is 3. The van der Waals surface area contributed by atoms with Gasteiger partial charge in [0.05, 0.1) is 15.9 Å². The van der Waals surface area contributed by atoms with Crippen LogP contribution in [0, 0.1) is 0 Å². The number of benzene rings is 2. The number of aryl methyl sites for hydroxylation is 1. The van der Waals surface area contributed by atoms with Crippen molar-refractivity contribution < 1.29 is 9.13 Å². The van der Waals surface area contributed by atoms with Gasteiger partial charge in [0.25, 0.3) is 0 Å². The van der Waals surface area contributed by atoms with Crippen molar-refractivity contribution in [3.63, 3.8) is 0 Å². The molecule has 0 atom stereocenters. The Hall–Kier alpha value is -2.40. The van der Waals surface area contributed by atoms with Crippen LogP contribution in [0.15, 0.2) is 48.7 Å². The molecule has 3 nitrogen and oxygen atoms in total. The Morgan fingerprint density at radius 2 is 2.00 bits per heavy atom. The summed E-state index contributed by atoms with van der Waals surface area (Å²) in [6.07, 6.45) is 3.08. The normalized spacial score (nSPS) is 11.4. The number of thiazole rings is 1. The van der Waals surface area contributed by atoms with Crippen molar-refractivity contribution in [2.45, 2.75) is 13.3 Å². The summed E-state index contributed by atoms with van der Waals surface area (Å²) in [6.45, 7) is 1.33. The Morgan fingerprint density at radius 3 is 2.74 bits per heavy atom. The second-order valence-corrected chi connectivity index (χ2v) is 6.32. The van der Waals surface area contributed by atoms with Crippen LogP contribution in [0.5, 0.6) is 5.75 Å². The Morgan fingerprint density at radius 1 is 1.17 bits per heavy atom. The highest BCUT2D eigenvalue weighted by Crippen LogP contribution is 2.31. The first-order valence-electron chi connectivity index (χ1n) is 7.48. The van der Waals surface area contributed by atoms with E-state index in [0.717, 1.165) is 32.9 Å². The van der Waals surface area contributed by atoms with Crippen LogP contribution in [0.1, 0.15) is 12.5 Å². The van der Waals surface area contributed by atoms with Crippen LogP contribution >= 0.6 is 11.3 Å². The SMILES string of the molecule is CCc1ccc(-c2cn3c(n2)sc2cc(OCF)ccc23)cc1. The number of hydrogen-bond donors (Lipinski definition) is 0. The van der Waals surface area contributed by atoms with Crippen LogP contribution < -0.4 is 4.74 Å². The van der Waals surface area contributed by atoms with Crippen molar-refractivity contribution in [3.05, 3.63) is 54.2 Å². The van der Waals surface area contributed by atoms with Crippen LogP contribution in [0.25, 0.3) is 26.4 Å². The molecule has 2 aromatic heterocycles. The summed E-state index contributed by atoms with van der Waals surface area (Å²) in [4.78, 5) is 5.64. The molecule has 0 bridgehead atoms. The molecule has 0 spiro atoms. The summed E-state index contributed by atoms with van der Waals surface area (Å²) >= 11 is 1.57. The van der Waals surface area contributed by atoms with E-state index >= 15 is 0 Å². The third-order valence-corrected chi connectivity index (χ3v) is 4.96. The second-order valence-electron chi connectivity index (χ2n) is 5.31. The minimum Gasteiger partial charge on any atom is -0.463 e. The lowest BCUT2D eigenvalue weighted by atomic mass is 10.1. The van der Waals surface area contributed by atoms with Crippen LogP contribution in [-0.4, -0.2) is 16.2 Å². The monoisotopic (exact) mass is 326 g/mol. The topological polar surface area (TPSA) is 26.5 Å². The third-order valence-electron chi connectivity index (χ3n) is 3.94. The smallest absolute Gasteiger partial charge is 0.228 e. The Labute approximate surface area is 137 Å². The summed E-state index contributed by atoms with van der Waals surface area (Å²) in [5, 5.41) is 0. The molecule has 0 aliphatic rings. The van der Waals surface area contributed by atoms with Crippen LogP contribution in [-0.2, 0) is 6.42 Å². The van der Waals surface area contributed by atoms with E-state index in [2.05, 4.69) is 35.6 Å². The van der Waals surface area contributed by atoms with Crippen LogP contribution in [0.2, 0.25) is 0 Å². The van der Waals surface area contributed by atoms with Gasteiger partial charge in [-0.1, -0.05) is 42.5 Å². The van der Waals surface area contributed by atoms with Gasteiger partial charge in [0.2, 0.25) is 6.86 Å². The predicted octanol–water partition coefficient (Wildman–Crippen LogP) is 5.08. The Bertz CT molecular complexity index is 972. The Balaban J connectivity index is 1.78. The zero-order valence-electron chi connectivity index (χ0n) is 12.6. The zero-order chi connectivity index (χ0) is 15.8. The van der Waals surface area contributed by atoms with E-state index in [1.54, 1.807) is 17.4 Å². The summed E-state index contributed by atoms with van der Waals surface area (Å²) in [5.74, 6) is 0.542. The maximum absolute atomic E-state index is 12.3. The van der Waals surface area contributed by atoms with Crippen molar-refractivity contribution in [3.8, 4) is 17.0 Å². The lowest BCUT2D eigenvalue weighted by Gasteiger charge is -2.00. The van der Waals surface area contributed by atoms with Crippen molar-refractivity contribution in [1.29, 1.82) is 0 Å². The highest BCUT2D eigenvalue weighted by molar-refractivity contribution is 7.23. The molecule has 0 fully saturated rings. The average molecular weight is 326 g/mol. The fraction of sp³-hybridized carbons (Fsp3) is 0.167. The first-order valence-corrected chi connectivity index (χ1v) is 8.30. The molecule has 4 rings (SSSR count). The molecule has 23 heavy (non-hydrogen) atoms. The molecule has 0 unspecified atom stereocenters. The molecular formula is C18H15FN2OS. The molecule has 2 heterocycles. The first-order chi connectivity index (χ1) is 11.3. The van der Waals surface area contributed by atoms with Gasteiger partial charge in [0, 0.05) is 11.8 Å². The molecule has 0 N–H and O–H groups in total. The first kappa shape index (κ1) is 14.2. The molecule has 0 saturated heterocycles. The summed E-state index contributed by atoms with van der Waals surface area (Å²) in [5.41, 5.74) is 4.45. The number of ether oxygens (including phenoxy) is 1. The maximum atomic E-state index is 12.3. The molecule has 5 heteroatoms. The number of fused-ring (bicyclic) bond motifs is 3. The molecule has 0 saturated carbocycles. The van der Waals surface area contributed by atoms with Gasteiger partial charge in [-0.3, -0.25) is 4.40 Å².